The number of hydrogen-bond acceptors (Lipinski definition) is 5. The minimum atomic E-state index is 0.0000288. The fraction of sp³-hybridized carbons (Fsp3) is 0.286. The third-order valence-electron chi connectivity index (χ3n) is 5.88. The Balaban J connectivity index is 1.52. The van der Waals surface area contributed by atoms with E-state index < -0.39 is 0 Å². The summed E-state index contributed by atoms with van der Waals surface area (Å²) in [5, 5.41) is 12.8. The number of para-hydroxylation sites is 1. The number of benzene rings is 2. The van der Waals surface area contributed by atoms with Gasteiger partial charge >= 0.3 is 0 Å². The largest absolute Gasteiger partial charge is 0.355 e. The summed E-state index contributed by atoms with van der Waals surface area (Å²) in [5.74, 6) is 1.02. The van der Waals surface area contributed by atoms with E-state index in [1.807, 2.05) is 30.3 Å². The lowest BCUT2D eigenvalue weighted by Gasteiger charge is -2.18. The number of hydrogen-bond donors (Lipinski definition) is 1. The number of carbonyl (C=O) groups excluding carboxylic acids is 1. The highest BCUT2D eigenvalue weighted by Crippen LogP contribution is 2.32. The van der Waals surface area contributed by atoms with Crippen molar-refractivity contribution in [3.63, 3.8) is 0 Å². The highest BCUT2D eigenvalue weighted by molar-refractivity contribution is 7.99. The van der Waals surface area contributed by atoms with Crippen molar-refractivity contribution in [2.45, 2.75) is 44.7 Å². The molecule has 0 aliphatic heterocycles. The third kappa shape index (κ3) is 6.17. The van der Waals surface area contributed by atoms with Crippen LogP contribution in [0.2, 0.25) is 0 Å². The molecule has 1 amide bonds. The second-order valence-corrected chi connectivity index (χ2v) is 9.19. The molecule has 0 aliphatic rings. The van der Waals surface area contributed by atoms with Gasteiger partial charge in [0.25, 0.3) is 0 Å². The molecule has 2 aromatic heterocycles. The molecule has 7 heteroatoms. The topological polar surface area (TPSA) is 72.7 Å². The van der Waals surface area contributed by atoms with Gasteiger partial charge in [0.2, 0.25) is 5.91 Å². The fourth-order valence-corrected chi connectivity index (χ4v) is 4.86. The van der Waals surface area contributed by atoms with Crippen LogP contribution >= 0.6 is 11.8 Å². The highest BCUT2D eigenvalue weighted by atomic mass is 32.2. The van der Waals surface area contributed by atoms with E-state index in [1.54, 1.807) is 12.4 Å². The minimum absolute atomic E-state index is 0.0000288. The van der Waals surface area contributed by atoms with Crippen LogP contribution in [-0.4, -0.2) is 38.0 Å². The maximum absolute atomic E-state index is 12.6. The maximum atomic E-state index is 12.6. The maximum Gasteiger partial charge on any atom is 0.230 e. The van der Waals surface area contributed by atoms with Crippen molar-refractivity contribution in [1.29, 1.82) is 0 Å². The summed E-state index contributed by atoms with van der Waals surface area (Å²) in [6.45, 7) is 4.96. The van der Waals surface area contributed by atoms with Crippen LogP contribution in [0.4, 0.5) is 0 Å². The Morgan fingerprint density at radius 3 is 2.40 bits per heavy atom. The van der Waals surface area contributed by atoms with Gasteiger partial charge in [-0.2, -0.15) is 0 Å². The zero-order valence-electron chi connectivity index (χ0n) is 20.3. The molecule has 0 saturated heterocycles. The normalized spacial score (nSPS) is 10.9. The first-order valence-corrected chi connectivity index (χ1v) is 13.1. The Hall–Kier alpha value is -3.45. The lowest BCUT2D eigenvalue weighted by atomic mass is 10.0. The Kier molecular flexibility index (Phi) is 8.68. The number of aryl methyl sites for hydroxylation is 3. The number of rotatable bonds is 11. The average molecular weight is 486 g/mol. The van der Waals surface area contributed by atoms with Crippen molar-refractivity contribution in [3.05, 3.63) is 89.7 Å². The van der Waals surface area contributed by atoms with Gasteiger partial charge in [-0.15, -0.1) is 10.2 Å². The highest BCUT2D eigenvalue weighted by Gasteiger charge is 2.21. The predicted octanol–water partition coefficient (Wildman–Crippen LogP) is 5.30. The van der Waals surface area contributed by atoms with Gasteiger partial charge in [0.1, 0.15) is 0 Å². The van der Waals surface area contributed by atoms with Crippen LogP contribution in [0.25, 0.3) is 17.1 Å². The number of nitrogens with zero attached hydrogens (tertiary/aromatic N) is 4. The van der Waals surface area contributed by atoms with Gasteiger partial charge in [-0.3, -0.25) is 14.3 Å². The molecule has 0 unspecified atom stereocenters. The Bertz CT molecular complexity index is 1220. The zero-order chi connectivity index (χ0) is 24.5. The smallest absolute Gasteiger partial charge is 0.230 e. The molecule has 180 valence electrons. The predicted molar refractivity (Wildman–Crippen MR) is 142 cm³/mol. The molecule has 0 atom stereocenters. The first kappa shape index (κ1) is 24.7. The van der Waals surface area contributed by atoms with Gasteiger partial charge in [-0.25, -0.2) is 0 Å². The lowest BCUT2D eigenvalue weighted by Crippen LogP contribution is -2.26. The molecule has 0 aliphatic carbocycles. The summed E-state index contributed by atoms with van der Waals surface area (Å²) in [5.41, 5.74) is 5.73. The number of nitrogens with one attached hydrogen (secondary N) is 1. The molecule has 2 heterocycles. The molecular weight excluding hydrogens is 454 g/mol. The molecule has 1 N–H and O–H groups in total. The molecule has 6 nitrogen and oxygen atoms in total. The monoisotopic (exact) mass is 485 g/mol. The van der Waals surface area contributed by atoms with Crippen molar-refractivity contribution in [2.24, 2.45) is 0 Å². The molecular formula is C28H31N5OS. The number of amides is 1. The van der Waals surface area contributed by atoms with E-state index in [2.05, 4.69) is 69.2 Å². The van der Waals surface area contributed by atoms with E-state index in [0.29, 0.717) is 11.7 Å². The Labute approximate surface area is 211 Å². The van der Waals surface area contributed by atoms with Crippen LogP contribution in [0.5, 0.6) is 0 Å². The summed E-state index contributed by atoms with van der Waals surface area (Å²) >= 11 is 1.42. The Morgan fingerprint density at radius 1 is 0.943 bits per heavy atom. The number of pyridine rings is 1. The lowest BCUT2D eigenvalue weighted by molar-refractivity contribution is -0.118. The van der Waals surface area contributed by atoms with E-state index >= 15 is 0 Å². The van der Waals surface area contributed by atoms with Crippen LogP contribution in [0, 0.1) is 0 Å². The number of thioether (sulfide) groups is 1. The van der Waals surface area contributed by atoms with Gasteiger partial charge in [-0.05, 0) is 54.5 Å². The van der Waals surface area contributed by atoms with Crippen molar-refractivity contribution < 1.29 is 4.79 Å². The van der Waals surface area contributed by atoms with E-state index in [4.69, 9.17) is 0 Å². The van der Waals surface area contributed by atoms with Gasteiger partial charge in [-0.1, -0.05) is 74.1 Å². The minimum Gasteiger partial charge on any atom is -0.355 e. The van der Waals surface area contributed by atoms with Gasteiger partial charge in [0.15, 0.2) is 11.0 Å². The van der Waals surface area contributed by atoms with Crippen molar-refractivity contribution in [2.75, 3.05) is 12.3 Å². The van der Waals surface area contributed by atoms with Gasteiger partial charge in [0, 0.05) is 24.5 Å². The van der Waals surface area contributed by atoms with E-state index in [1.165, 1.54) is 28.5 Å². The number of aromatic nitrogens is 4. The van der Waals surface area contributed by atoms with Crippen molar-refractivity contribution in [3.8, 4) is 17.1 Å². The van der Waals surface area contributed by atoms with Gasteiger partial charge in [0.05, 0.1) is 11.4 Å². The van der Waals surface area contributed by atoms with Gasteiger partial charge < -0.3 is 5.32 Å². The first-order valence-electron chi connectivity index (χ1n) is 12.1. The van der Waals surface area contributed by atoms with E-state index in [-0.39, 0.29) is 11.7 Å². The molecule has 0 saturated carbocycles. The molecule has 4 rings (SSSR count). The molecule has 4 aromatic rings. The van der Waals surface area contributed by atoms with Crippen molar-refractivity contribution in [1.82, 2.24) is 25.1 Å². The Morgan fingerprint density at radius 2 is 1.71 bits per heavy atom. The SMILES string of the molecule is CCc1cccc(CC)c1-n1c(SCC(=O)NCCCc2ccccc2)nnc1-c1cccnc1. The van der Waals surface area contributed by atoms with Crippen LogP contribution < -0.4 is 5.32 Å². The first-order chi connectivity index (χ1) is 17.2. The molecule has 0 fully saturated rings. The molecule has 0 bridgehead atoms. The second kappa shape index (κ2) is 12.3. The summed E-state index contributed by atoms with van der Waals surface area (Å²) in [4.78, 5) is 16.9. The van der Waals surface area contributed by atoms with E-state index in [0.717, 1.165) is 42.8 Å². The fourth-order valence-electron chi connectivity index (χ4n) is 4.10. The van der Waals surface area contributed by atoms with Crippen LogP contribution in [0.1, 0.15) is 37.0 Å². The summed E-state index contributed by atoms with van der Waals surface area (Å²) in [6.07, 6.45) is 7.18. The molecule has 35 heavy (non-hydrogen) atoms. The molecule has 2 aromatic carbocycles. The quantitative estimate of drug-likeness (QED) is 0.231. The standard InChI is InChI=1S/C28H31N5OS/c1-3-22-14-8-15-23(4-2)26(22)33-27(24-16-10-17-29-19-24)31-32-28(33)35-20-25(34)30-18-9-13-21-11-6-5-7-12-21/h5-8,10-12,14-17,19H,3-4,9,13,18,20H2,1-2H3,(H,30,34). The summed E-state index contributed by atoms with van der Waals surface area (Å²) in [7, 11) is 0. The molecule has 0 spiro atoms. The third-order valence-corrected chi connectivity index (χ3v) is 6.81. The molecule has 0 radical (unpaired) electrons. The van der Waals surface area contributed by atoms with E-state index in [9.17, 15) is 4.79 Å². The zero-order valence-corrected chi connectivity index (χ0v) is 21.1. The summed E-state index contributed by atoms with van der Waals surface area (Å²) < 4.78 is 2.10. The van der Waals surface area contributed by atoms with Crippen molar-refractivity contribution >= 4 is 17.7 Å². The average Bonchev–Trinajstić information content (AvgIpc) is 3.34. The van der Waals surface area contributed by atoms with Crippen LogP contribution in [-0.2, 0) is 24.1 Å². The second-order valence-electron chi connectivity index (χ2n) is 8.24. The summed E-state index contributed by atoms with van der Waals surface area (Å²) in [6, 6.07) is 20.6. The number of carbonyl (C=O) groups is 1. The van der Waals surface area contributed by atoms with Crippen LogP contribution in [0.3, 0.4) is 0 Å². The van der Waals surface area contributed by atoms with Crippen LogP contribution in [0.15, 0.2) is 78.2 Å².